The highest BCUT2D eigenvalue weighted by Gasteiger charge is 2.27. The predicted octanol–water partition coefficient (Wildman–Crippen LogP) is 1.16. The fraction of sp³-hybridized carbons (Fsp3) is 0.857. The summed E-state index contributed by atoms with van der Waals surface area (Å²) in [5.41, 5.74) is 2.85. The third kappa shape index (κ3) is 3.70. The van der Waals surface area contributed by atoms with Gasteiger partial charge in [0.05, 0.1) is 18.8 Å². The van der Waals surface area contributed by atoms with Crippen molar-refractivity contribution in [1.29, 1.82) is 0 Å². The summed E-state index contributed by atoms with van der Waals surface area (Å²) >= 11 is 0. The van der Waals surface area contributed by atoms with Crippen molar-refractivity contribution in [2.75, 3.05) is 19.7 Å². The Kier molecular flexibility index (Phi) is 5.03. The van der Waals surface area contributed by atoms with Gasteiger partial charge >= 0.3 is 0 Å². The van der Waals surface area contributed by atoms with Crippen LogP contribution in [0.25, 0.3) is 0 Å². The molecule has 0 bridgehead atoms. The molecule has 2 atom stereocenters. The minimum Gasteiger partial charge on any atom is -0.389 e. The van der Waals surface area contributed by atoms with Crippen molar-refractivity contribution in [3.8, 4) is 0 Å². The fourth-order valence-corrected chi connectivity index (χ4v) is 2.70. The van der Waals surface area contributed by atoms with Crippen LogP contribution in [0.5, 0.6) is 0 Å². The zero-order valence-corrected chi connectivity index (χ0v) is 11.5. The highest BCUT2D eigenvalue weighted by atomic mass is 16.5. The van der Waals surface area contributed by atoms with Gasteiger partial charge in [0.2, 0.25) is 0 Å². The van der Waals surface area contributed by atoms with Crippen LogP contribution >= 0.6 is 0 Å². The Bertz CT molecular complexity index is 302. The van der Waals surface area contributed by atoms with Gasteiger partial charge in [0.15, 0.2) is 0 Å². The van der Waals surface area contributed by atoms with Crippen molar-refractivity contribution in [1.82, 2.24) is 10.6 Å². The second-order valence-electron chi connectivity index (χ2n) is 5.61. The van der Waals surface area contributed by atoms with Gasteiger partial charge in [0.1, 0.15) is 0 Å². The van der Waals surface area contributed by atoms with Crippen molar-refractivity contribution in [2.24, 2.45) is 0 Å². The second-order valence-corrected chi connectivity index (χ2v) is 5.61. The zero-order valence-electron chi connectivity index (χ0n) is 11.5. The molecule has 0 saturated heterocycles. The van der Waals surface area contributed by atoms with Crippen LogP contribution in [0, 0.1) is 0 Å². The van der Waals surface area contributed by atoms with E-state index in [9.17, 15) is 5.11 Å². The van der Waals surface area contributed by atoms with E-state index in [-0.39, 0.29) is 6.10 Å². The molecule has 3 N–H and O–H groups in total. The van der Waals surface area contributed by atoms with Gasteiger partial charge < -0.3 is 20.5 Å². The van der Waals surface area contributed by atoms with Crippen LogP contribution in [0.4, 0.5) is 0 Å². The maximum Gasteiger partial charge on any atom is 0.0898 e. The van der Waals surface area contributed by atoms with Crippen LogP contribution in [-0.4, -0.2) is 43.1 Å². The van der Waals surface area contributed by atoms with Crippen molar-refractivity contribution in [2.45, 2.75) is 57.8 Å². The van der Waals surface area contributed by atoms with Gasteiger partial charge in [-0.2, -0.15) is 0 Å². The first-order valence-electron chi connectivity index (χ1n) is 7.15. The van der Waals surface area contributed by atoms with E-state index in [0.717, 1.165) is 19.4 Å². The number of ether oxygens (including phenoxy) is 1. The largest absolute Gasteiger partial charge is 0.389 e. The number of rotatable bonds is 6. The summed E-state index contributed by atoms with van der Waals surface area (Å²) in [4.78, 5) is 0. The first-order chi connectivity index (χ1) is 8.66. The lowest BCUT2D eigenvalue weighted by Crippen LogP contribution is -2.36. The average molecular weight is 254 g/mol. The molecule has 0 amide bonds. The molecule has 4 nitrogen and oxygen atoms in total. The van der Waals surface area contributed by atoms with Gasteiger partial charge in [-0.3, -0.25) is 0 Å². The van der Waals surface area contributed by atoms with Crippen molar-refractivity contribution in [3.63, 3.8) is 0 Å². The van der Waals surface area contributed by atoms with E-state index in [1.165, 1.54) is 24.1 Å². The summed E-state index contributed by atoms with van der Waals surface area (Å²) < 4.78 is 5.90. The molecule has 2 aliphatic rings. The molecule has 0 spiro atoms. The van der Waals surface area contributed by atoms with Crippen LogP contribution in [0.1, 0.15) is 39.5 Å². The molecule has 1 aliphatic heterocycles. The Morgan fingerprint density at radius 1 is 1.44 bits per heavy atom. The molecule has 104 valence electrons. The van der Waals surface area contributed by atoms with E-state index in [1.54, 1.807) is 0 Å². The summed E-state index contributed by atoms with van der Waals surface area (Å²) in [5, 5.41) is 16.5. The van der Waals surface area contributed by atoms with E-state index < -0.39 is 6.10 Å². The van der Waals surface area contributed by atoms with E-state index in [1.807, 2.05) is 0 Å². The van der Waals surface area contributed by atoms with E-state index in [2.05, 4.69) is 24.5 Å². The molecule has 4 heteroatoms. The molecule has 0 aromatic heterocycles. The van der Waals surface area contributed by atoms with Gasteiger partial charge in [-0.15, -0.1) is 0 Å². The molecular weight excluding hydrogens is 228 g/mol. The van der Waals surface area contributed by atoms with Gasteiger partial charge in [-0.1, -0.05) is 13.8 Å². The van der Waals surface area contributed by atoms with Gasteiger partial charge in [-0.05, 0) is 31.3 Å². The van der Waals surface area contributed by atoms with Crippen LogP contribution in [0.3, 0.4) is 0 Å². The first kappa shape index (κ1) is 13.8. The molecular formula is C14H26N2O2. The number of hydrogen-bond acceptors (Lipinski definition) is 4. The number of aliphatic hydroxyl groups excluding tert-OH is 1. The van der Waals surface area contributed by atoms with Crippen LogP contribution in [0.15, 0.2) is 11.3 Å². The lowest BCUT2D eigenvalue weighted by atomic mass is 9.93. The molecule has 1 heterocycles. The van der Waals surface area contributed by atoms with Crippen molar-refractivity contribution < 1.29 is 9.84 Å². The molecule has 18 heavy (non-hydrogen) atoms. The molecule has 0 fully saturated rings. The topological polar surface area (TPSA) is 53.5 Å². The lowest BCUT2D eigenvalue weighted by Gasteiger charge is -2.26. The third-order valence-electron chi connectivity index (χ3n) is 3.65. The Morgan fingerprint density at radius 2 is 2.28 bits per heavy atom. The fourth-order valence-electron chi connectivity index (χ4n) is 2.70. The standard InChI is InChI=1S/C14H26N2O2/c1-10(2)16-8-11(17)9-18-14-5-3-4-13-12(14)6-7-15-13/h10-11,14-17H,3-9H2,1-2H3. The number of aliphatic hydroxyl groups is 1. The predicted molar refractivity (Wildman–Crippen MR) is 72.4 cm³/mol. The van der Waals surface area contributed by atoms with E-state index in [0.29, 0.717) is 19.2 Å². The van der Waals surface area contributed by atoms with Gasteiger partial charge in [0, 0.05) is 24.8 Å². The molecule has 0 saturated carbocycles. The van der Waals surface area contributed by atoms with Gasteiger partial charge in [-0.25, -0.2) is 0 Å². The summed E-state index contributed by atoms with van der Waals surface area (Å²) in [6.07, 6.45) is 4.40. The van der Waals surface area contributed by atoms with Crippen molar-refractivity contribution in [3.05, 3.63) is 11.3 Å². The zero-order chi connectivity index (χ0) is 13.0. The molecule has 0 aromatic rings. The lowest BCUT2D eigenvalue weighted by molar-refractivity contribution is -0.00104. The number of nitrogens with one attached hydrogen (secondary N) is 2. The van der Waals surface area contributed by atoms with Crippen LogP contribution in [0.2, 0.25) is 0 Å². The Balaban J connectivity index is 1.74. The average Bonchev–Trinajstić information content (AvgIpc) is 2.82. The Labute approximate surface area is 110 Å². The minimum absolute atomic E-state index is 0.234. The van der Waals surface area contributed by atoms with E-state index in [4.69, 9.17) is 4.74 Å². The maximum atomic E-state index is 9.85. The van der Waals surface area contributed by atoms with Crippen molar-refractivity contribution >= 4 is 0 Å². The quantitative estimate of drug-likeness (QED) is 0.666. The monoisotopic (exact) mass is 254 g/mol. The van der Waals surface area contributed by atoms with E-state index >= 15 is 0 Å². The maximum absolute atomic E-state index is 9.85. The van der Waals surface area contributed by atoms with Crippen LogP contribution in [-0.2, 0) is 4.74 Å². The molecule has 0 radical (unpaired) electrons. The highest BCUT2D eigenvalue weighted by molar-refractivity contribution is 5.24. The second kappa shape index (κ2) is 6.55. The number of hydrogen-bond donors (Lipinski definition) is 3. The highest BCUT2D eigenvalue weighted by Crippen LogP contribution is 2.31. The summed E-state index contributed by atoms with van der Waals surface area (Å²) in [7, 11) is 0. The first-order valence-corrected chi connectivity index (χ1v) is 7.15. The summed E-state index contributed by atoms with van der Waals surface area (Å²) in [6.45, 7) is 6.25. The third-order valence-corrected chi connectivity index (χ3v) is 3.65. The SMILES string of the molecule is CC(C)NCC(O)COC1CCCC2=C1CCN2. The smallest absolute Gasteiger partial charge is 0.0898 e. The van der Waals surface area contributed by atoms with Gasteiger partial charge in [0.25, 0.3) is 0 Å². The summed E-state index contributed by atoms with van der Waals surface area (Å²) in [5.74, 6) is 0. The molecule has 2 rings (SSSR count). The normalized spacial score (nSPS) is 25.2. The Hall–Kier alpha value is -0.580. The number of allylic oxidation sites excluding steroid dienone is 1. The Morgan fingerprint density at radius 3 is 3.06 bits per heavy atom. The van der Waals surface area contributed by atoms with Crippen LogP contribution < -0.4 is 10.6 Å². The molecule has 0 aromatic carbocycles. The molecule has 1 aliphatic carbocycles. The molecule has 2 unspecified atom stereocenters. The summed E-state index contributed by atoms with van der Waals surface area (Å²) in [6, 6.07) is 0.405. The minimum atomic E-state index is -0.410.